The first-order chi connectivity index (χ1) is 18.2. The molecule has 8 nitrogen and oxygen atoms in total. The summed E-state index contributed by atoms with van der Waals surface area (Å²) in [7, 11) is 1.62. The van der Waals surface area contributed by atoms with Gasteiger partial charge in [0.2, 0.25) is 17.6 Å². The van der Waals surface area contributed by atoms with Crippen molar-refractivity contribution in [1.82, 2.24) is 25.2 Å². The third kappa shape index (κ3) is 5.92. The number of hydrogen-bond donors (Lipinski definition) is 1. The van der Waals surface area contributed by atoms with Gasteiger partial charge in [-0.15, -0.1) is 0 Å². The first-order valence-electron chi connectivity index (χ1n) is 12.1. The van der Waals surface area contributed by atoms with Crippen LogP contribution >= 0.6 is 0 Å². The highest BCUT2D eigenvalue weighted by atomic mass is 16.5. The fraction of sp³-hybridized carbons (Fsp3) is 0.172. The second-order valence-electron chi connectivity index (χ2n) is 8.52. The molecule has 8 heteroatoms. The van der Waals surface area contributed by atoms with Crippen LogP contribution in [-0.4, -0.2) is 32.9 Å². The van der Waals surface area contributed by atoms with Crippen LogP contribution in [0.5, 0.6) is 5.75 Å². The molecule has 2 aromatic heterocycles. The highest BCUT2D eigenvalue weighted by molar-refractivity contribution is 5.76. The van der Waals surface area contributed by atoms with Gasteiger partial charge in [-0.3, -0.25) is 4.79 Å². The number of methoxy groups -OCH3 is 1. The molecule has 0 bridgehead atoms. The van der Waals surface area contributed by atoms with Gasteiger partial charge < -0.3 is 14.6 Å². The van der Waals surface area contributed by atoms with E-state index in [1.54, 1.807) is 7.11 Å². The molecule has 5 aromatic rings. The van der Waals surface area contributed by atoms with Crippen LogP contribution in [-0.2, 0) is 17.8 Å². The lowest BCUT2D eigenvalue weighted by Crippen LogP contribution is -2.22. The molecule has 5 rings (SSSR count). The van der Waals surface area contributed by atoms with E-state index < -0.39 is 0 Å². The fourth-order valence-corrected chi connectivity index (χ4v) is 3.99. The number of hydrogen-bond acceptors (Lipinski definition) is 6. The van der Waals surface area contributed by atoms with Crippen molar-refractivity contribution in [2.75, 3.05) is 7.11 Å². The number of nitrogens with zero attached hydrogens (tertiary/aromatic N) is 4. The highest BCUT2D eigenvalue weighted by Gasteiger charge is 2.14. The maximum Gasteiger partial charge on any atom is 0.226 e. The van der Waals surface area contributed by atoms with Crippen LogP contribution in [0.25, 0.3) is 28.3 Å². The Morgan fingerprint density at radius 1 is 0.946 bits per heavy atom. The van der Waals surface area contributed by atoms with Gasteiger partial charge >= 0.3 is 0 Å². The molecule has 0 aliphatic heterocycles. The Balaban J connectivity index is 1.18. The smallest absolute Gasteiger partial charge is 0.226 e. The van der Waals surface area contributed by atoms with Gasteiger partial charge in [0, 0.05) is 42.3 Å². The summed E-state index contributed by atoms with van der Waals surface area (Å²) in [4.78, 5) is 17.0. The van der Waals surface area contributed by atoms with E-state index in [9.17, 15) is 4.79 Å². The van der Waals surface area contributed by atoms with Crippen molar-refractivity contribution in [2.45, 2.75) is 25.8 Å². The maximum atomic E-state index is 12.6. The van der Waals surface area contributed by atoms with Crippen molar-refractivity contribution in [3.8, 4) is 34.1 Å². The van der Waals surface area contributed by atoms with Crippen LogP contribution < -0.4 is 10.1 Å². The maximum absolute atomic E-state index is 12.6. The second-order valence-corrected chi connectivity index (χ2v) is 8.52. The first-order valence-corrected chi connectivity index (χ1v) is 12.1. The lowest BCUT2D eigenvalue weighted by molar-refractivity contribution is -0.121. The van der Waals surface area contributed by atoms with E-state index in [1.165, 1.54) is 0 Å². The van der Waals surface area contributed by atoms with Crippen molar-refractivity contribution < 1.29 is 14.1 Å². The molecule has 1 amide bonds. The van der Waals surface area contributed by atoms with Crippen molar-refractivity contribution >= 4 is 5.91 Å². The topological polar surface area (TPSA) is 95.1 Å². The molecule has 0 fully saturated rings. The summed E-state index contributed by atoms with van der Waals surface area (Å²) >= 11 is 0. The van der Waals surface area contributed by atoms with Crippen LogP contribution in [0.3, 0.4) is 0 Å². The monoisotopic (exact) mass is 493 g/mol. The molecule has 186 valence electrons. The Hall–Kier alpha value is -4.72. The largest absolute Gasteiger partial charge is 0.497 e. The number of ether oxygens (including phenoxy) is 1. The lowest BCUT2D eigenvalue weighted by atomic mass is 10.1. The molecular weight excluding hydrogens is 466 g/mol. The Labute approximate surface area is 214 Å². The Kier molecular flexibility index (Phi) is 7.36. The van der Waals surface area contributed by atoms with Crippen LogP contribution in [0.1, 0.15) is 24.3 Å². The van der Waals surface area contributed by atoms with Crippen molar-refractivity contribution in [2.24, 2.45) is 0 Å². The van der Waals surface area contributed by atoms with Gasteiger partial charge in [0.1, 0.15) is 5.75 Å². The van der Waals surface area contributed by atoms with E-state index in [2.05, 4.69) is 15.5 Å². The van der Waals surface area contributed by atoms with Crippen LogP contribution in [0.15, 0.2) is 95.6 Å². The van der Waals surface area contributed by atoms with Crippen LogP contribution in [0.4, 0.5) is 0 Å². The van der Waals surface area contributed by atoms with Gasteiger partial charge in [0.25, 0.3) is 0 Å². The highest BCUT2D eigenvalue weighted by Crippen LogP contribution is 2.24. The molecule has 0 atom stereocenters. The molecule has 37 heavy (non-hydrogen) atoms. The van der Waals surface area contributed by atoms with Gasteiger partial charge in [0.15, 0.2) is 0 Å². The van der Waals surface area contributed by atoms with Crippen LogP contribution in [0.2, 0.25) is 0 Å². The number of rotatable bonds is 10. The molecule has 0 aliphatic carbocycles. The minimum absolute atomic E-state index is 0.0404. The summed E-state index contributed by atoms with van der Waals surface area (Å²) in [6.07, 6.45) is 3.45. The summed E-state index contributed by atoms with van der Waals surface area (Å²) in [6, 6.07) is 27.4. The van der Waals surface area contributed by atoms with Crippen molar-refractivity contribution in [3.63, 3.8) is 0 Å². The van der Waals surface area contributed by atoms with Gasteiger partial charge in [-0.25, -0.2) is 4.68 Å². The normalized spacial score (nSPS) is 10.8. The number of nitrogens with one attached hydrogen (secondary N) is 1. The molecule has 3 aromatic carbocycles. The van der Waals surface area contributed by atoms with Gasteiger partial charge in [0.05, 0.1) is 18.5 Å². The minimum atomic E-state index is -0.0404. The predicted molar refractivity (Wildman–Crippen MR) is 140 cm³/mol. The molecule has 1 N–H and O–H groups in total. The van der Waals surface area contributed by atoms with E-state index in [0.717, 1.165) is 33.8 Å². The summed E-state index contributed by atoms with van der Waals surface area (Å²) in [5.74, 6) is 1.75. The van der Waals surface area contributed by atoms with E-state index in [0.29, 0.717) is 37.5 Å². The zero-order valence-corrected chi connectivity index (χ0v) is 20.5. The minimum Gasteiger partial charge on any atom is -0.497 e. The summed E-state index contributed by atoms with van der Waals surface area (Å²) in [5, 5.41) is 11.9. The average molecular weight is 494 g/mol. The third-order valence-corrected chi connectivity index (χ3v) is 5.94. The van der Waals surface area contributed by atoms with E-state index in [-0.39, 0.29) is 5.91 Å². The van der Waals surface area contributed by atoms with Crippen LogP contribution in [0, 0.1) is 0 Å². The summed E-state index contributed by atoms with van der Waals surface area (Å²) in [6.45, 7) is 0.387. The van der Waals surface area contributed by atoms with Gasteiger partial charge in [-0.1, -0.05) is 53.7 Å². The molecule has 0 aliphatic rings. The average Bonchev–Trinajstić information content (AvgIpc) is 3.61. The third-order valence-electron chi connectivity index (χ3n) is 5.94. The van der Waals surface area contributed by atoms with E-state index in [1.807, 2.05) is 95.8 Å². The Bertz CT molecular complexity index is 1440. The Morgan fingerprint density at radius 2 is 1.68 bits per heavy atom. The number of carbonyl (C=O) groups is 1. The molecule has 0 saturated heterocycles. The Morgan fingerprint density at radius 3 is 2.41 bits per heavy atom. The zero-order chi connectivity index (χ0) is 25.5. The van der Waals surface area contributed by atoms with Gasteiger partial charge in [-0.05, 0) is 42.8 Å². The summed E-state index contributed by atoms with van der Waals surface area (Å²) in [5.41, 5.74) is 4.61. The van der Waals surface area contributed by atoms with Gasteiger partial charge in [-0.2, -0.15) is 10.1 Å². The predicted octanol–water partition coefficient (Wildman–Crippen LogP) is 5.24. The van der Waals surface area contributed by atoms with Crippen molar-refractivity contribution in [1.29, 1.82) is 0 Å². The fourth-order valence-electron chi connectivity index (χ4n) is 3.99. The number of carbonyl (C=O) groups excluding carboxylic acids is 1. The standard InChI is InChI=1S/C29H27N5O3/c1-36-25-17-15-22(16-18-25)29-31-27(37-33-29)14-8-13-26(35)30-19-23-20-34(24-11-6-3-7-12-24)32-28(23)21-9-4-2-5-10-21/h2-7,9-12,15-18,20H,8,13-14,19H2,1H3,(H,30,35). The van der Waals surface area contributed by atoms with Crippen molar-refractivity contribution in [3.05, 3.63) is 103 Å². The number of aromatic nitrogens is 4. The molecule has 2 heterocycles. The first kappa shape index (κ1) is 24.0. The molecule has 0 radical (unpaired) electrons. The summed E-state index contributed by atoms with van der Waals surface area (Å²) < 4.78 is 12.4. The number of para-hydroxylation sites is 1. The number of amides is 1. The number of aryl methyl sites for hydroxylation is 1. The van der Waals surface area contributed by atoms with E-state index >= 15 is 0 Å². The quantitative estimate of drug-likeness (QED) is 0.286. The van der Waals surface area contributed by atoms with E-state index in [4.69, 9.17) is 14.4 Å². The molecule has 0 spiro atoms. The molecule has 0 saturated carbocycles. The molecule has 0 unspecified atom stereocenters. The SMILES string of the molecule is COc1ccc(-c2noc(CCCC(=O)NCc3cn(-c4ccccc4)nc3-c3ccccc3)n2)cc1. The second kappa shape index (κ2) is 11.3. The molecular formula is C29H27N5O3. The lowest BCUT2D eigenvalue weighted by Gasteiger charge is -2.05. The zero-order valence-electron chi connectivity index (χ0n) is 20.5. The number of benzene rings is 3.